The second-order valence-electron chi connectivity index (χ2n) is 5.90. The van der Waals surface area contributed by atoms with Crippen molar-refractivity contribution in [3.63, 3.8) is 0 Å². The van der Waals surface area contributed by atoms with Crippen LogP contribution in [0.15, 0.2) is 24.3 Å². The molecular formula is C17H18N4O. The molecule has 0 aromatic heterocycles. The Hall–Kier alpha value is -2.37. The van der Waals surface area contributed by atoms with E-state index in [1.165, 1.54) is 12.8 Å². The van der Waals surface area contributed by atoms with Gasteiger partial charge in [-0.15, -0.1) is 0 Å². The Morgan fingerprint density at radius 1 is 1.27 bits per heavy atom. The molecule has 2 fully saturated rings. The summed E-state index contributed by atoms with van der Waals surface area (Å²) in [5.41, 5.74) is 1.45. The lowest BCUT2D eigenvalue weighted by atomic mass is 10.1. The molecule has 1 amide bonds. The van der Waals surface area contributed by atoms with E-state index in [9.17, 15) is 10.1 Å². The van der Waals surface area contributed by atoms with Crippen molar-refractivity contribution in [1.82, 2.24) is 9.80 Å². The van der Waals surface area contributed by atoms with Gasteiger partial charge in [0.1, 0.15) is 6.04 Å². The summed E-state index contributed by atoms with van der Waals surface area (Å²) >= 11 is 0. The van der Waals surface area contributed by atoms with Gasteiger partial charge in [-0.25, -0.2) is 0 Å². The highest BCUT2D eigenvalue weighted by atomic mass is 16.2. The highest BCUT2D eigenvalue weighted by Crippen LogP contribution is 2.30. The van der Waals surface area contributed by atoms with Gasteiger partial charge in [0.25, 0.3) is 5.91 Å². The third-order valence-electron chi connectivity index (χ3n) is 4.33. The van der Waals surface area contributed by atoms with Crippen LogP contribution in [0.3, 0.4) is 0 Å². The van der Waals surface area contributed by atoms with Crippen LogP contribution in [0.4, 0.5) is 0 Å². The lowest BCUT2D eigenvalue weighted by Gasteiger charge is -2.38. The van der Waals surface area contributed by atoms with Crippen molar-refractivity contribution in [2.45, 2.75) is 31.3 Å². The first-order chi connectivity index (χ1) is 10.7. The van der Waals surface area contributed by atoms with E-state index < -0.39 is 0 Å². The van der Waals surface area contributed by atoms with Crippen molar-refractivity contribution in [2.24, 2.45) is 0 Å². The van der Waals surface area contributed by atoms with Crippen molar-refractivity contribution >= 4 is 5.91 Å². The van der Waals surface area contributed by atoms with Gasteiger partial charge in [0, 0.05) is 31.2 Å². The maximum Gasteiger partial charge on any atom is 0.253 e. The molecule has 5 nitrogen and oxygen atoms in total. The van der Waals surface area contributed by atoms with Gasteiger partial charge in [0.2, 0.25) is 0 Å². The van der Waals surface area contributed by atoms with Crippen LogP contribution in [0.25, 0.3) is 0 Å². The fraction of sp³-hybridized carbons (Fsp3) is 0.471. The number of benzene rings is 1. The Morgan fingerprint density at radius 2 is 2.09 bits per heavy atom. The molecule has 1 saturated heterocycles. The highest BCUT2D eigenvalue weighted by molar-refractivity contribution is 5.94. The van der Waals surface area contributed by atoms with Crippen molar-refractivity contribution in [1.29, 1.82) is 10.5 Å². The van der Waals surface area contributed by atoms with E-state index in [1.54, 1.807) is 17.0 Å². The number of carbonyl (C=O) groups excluding carboxylic acids is 1. The van der Waals surface area contributed by atoms with Gasteiger partial charge in [-0.05, 0) is 30.5 Å². The Labute approximate surface area is 130 Å². The van der Waals surface area contributed by atoms with Gasteiger partial charge >= 0.3 is 0 Å². The van der Waals surface area contributed by atoms with Crippen LogP contribution in [-0.2, 0) is 6.42 Å². The summed E-state index contributed by atoms with van der Waals surface area (Å²) < 4.78 is 0. The zero-order valence-corrected chi connectivity index (χ0v) is 12.4. The molecule has 0 bridgehead atoms. The molecule has 0 spiro atoms. The van der Waals surface area contributed by atoms with Crippen LogP contribution in [-0.4, -0.2) is 47.4 Å². The van der Waals surface area contributed by atoms with Crippen molar-refractivity contribution in [3.05, 3.63) is 35.4 Å². The maximum absolute atomic E-state index is 12.6. The second-order valence-corrected chi connectivity index (χ2v) is 5.90. The summed E-state index contributed by atoms with van der Waals surface area (Å²) in [6, 6.07) is 12.0. The topological polar surface area (TPSA) is 71.1 Å². The number of hydrogen-bond donors (Lipinski definition) is 0. The summed E-state index contributed by atoms with van der Waals surface area (Å²) in [5, 5.41) is 18.1. The minimum Gasteiger partial charge on any atom is -0.335 e. The second kappa shape index (κ2) is 6.17. The zero-order valence-electron chi connectivity index (χ0n) is 12.4. The fourth-order valence-corrected chi connectivity index (χ4v) is 3.03. The summed E-state index contributed by atoms with van der Waals surface area (Å²) in [6.07, 6.45) is 2.64. The van der Waals surface area contributed by atoms with Gasteiger partial charge in [-0.2, -0.15) is 10.5 Å². The molecule has 2 aliphatic rings. The summed E-state index contributed by atoms with van der Waals surface area (Å²) in [4.78, 5) is 16.6. The molecule has 1 atom stereocenters. The van der Waals surface area contributed by atoms with Crippen LogP contribution in [0, 0.1) is 22.7 Å². The van der Waals surface area contributed by atoms with Crippen molar-refractivity contribution in [3.8, 4) is 12.1 Å². The average Bonchev–Trinajstić information content (AvgIpc) is 3.39. The Morgan fingerprint density at radius 3 is 2.77 bits per heavy atom. The minimum absolute atomic E-state index is 0.0458. The molecule has 112 valence electrons. The third-order valence-corrected chi connectivity index (χ3v) is 4.33. The number of amides is 1. The molecule has 1 aromatic rings. The van der Waals surface area contributed by atoms with E-state index in [0.29, 0.717) is 31.1 Å². The number of piperazine rings is 1. The molecule has 0 N–H and O–H groups in total. The van der Waals surface area contributed by atoms with Crippen LogP contribution in [0.2, 0.25) is 0 Å². The first kappa shape index (κ1) is 14.6. The number of carbonyl (C=O) groups is 1. The Balaban J connectivity index is 1.71. The largest absolute Gasteiger partial charge is 0.335 e. The summed E-state index contributed by atoms with van der Waals surface area (Å²) in [7, 11) is 0. The number of nitrogens with zero attached hydrogens (tertiary/aromatic N) is 4. The van der Waals surface area contributed by atoms with Crippen LogP contribution in [0.5, 0.6) is 0 Å². The first-order valence-corrected chi connectivity index (χ1v) is 7.63. The van der Waals surface area contributed by atoms with Crippen LogP contribution >= 0.6 is 0 Å². The monoisotopic (exact) mass is 294 g/mol. The van der Waals surface area contributed by atoms with Crippen molar-refractivity contribution in [2.75, 3.05) is 19.6 Å². The van der Waals surface area contributed by atoms with E-state index in [-0.39, 0.29) is 11.9 Å². The maximum atomic E-state index is 12.6. The van der Waals surface area contributed by atoms with Gasteiger partial charge in [-0.1, -0.05) is 12.1 Å². The molecule has 22 heavy (non-hydrogen) atoms. The van der Waals surface area contributed by atoms with E-state index in [2.05, 4.69) is 17.0 Å². The zero-order chi connectivity index (χ0) is 15.5. The molecule has 5 heteroatoms. The number of rotatable bonds is 3. The van der Waals surface area contributed by atoms with Gasteiger partial charge in [0.05, 0.1) is 18.6 Å². The Bertz CT molecular complexity index is 653. The van der Waals surface area contributed by atoms with Gasteiger partial charge in [-0.3, -0.25) is 9.69 Å². The van der Waals surface area contributed by atoms with Crippen LogP contribution < -0.4 is 0 Å². The van der Waals surface area contributed by atoms with Gasteiger partial charge < -0.3 is 4.90 Å². The predicted octanol–water partition coefficient (Wildman–Crippen LogP) is 1.57. The van der Waals surface area contributed by atoms with E-state index in [1.807, 2.05) is 12.1 Å². The van der Waals surface area contributed by atoms with Gasteiger partial charge in [0.15, 0.2) is 0 Å². The minimum atomic E-state index is -0.201. The predicted molar refractivity (Wildman–Crippen MR) is 80.8 cm³/mol. The molecule has 3 rings (SSSR count). The van der Waals surface area contributed by atoms with Crippen LogP contribution in [0.1, 0.15) is 28.8 Å². The third kappa shape index (κ3) is 2.95. The quantitative estimate of drug-likeness (QED) is 0.848. The number of hydrogen-bond acceptors (Lipinski definition) is 4. The summed E-state index contributed by atoms with van der Waals surface area (Å²) in [5.74, 6) is -0.0458. The molecule has 0 radical (unpaired) electrons. The molecule has 1 aliphatic carbocycles. The SMILES string of the molecule is N#CCc1cccc(C(=O)N2CCN(C3CC3)C(C#N)C2)c1. The average molecular weight is 294 g/mol. The van der Waals surface area contributed by atoms with E-state index in [4.69, 9.17) is 5.26 Å². The van der Waals surface area contributed by atoms with E-state index in [0.717, 1.165) is 12.1 Å². The first-order valence-electron chi connectivity index (χ1n) is 7.63. The molecule has 1 aromatic carbocycles. The van der Waals surface area contributed by atoms with E-state index >= 15 is 0 Å². The molecule has 1 unspecified atom stereocenters. The Kier molecular flexibility index (Phi) is 4.09. The molecule has 1 aliphatic heterocycles. The fourth-order valence-electron chi connectivity index (χ4n) is 3.03. The smallest absolute Gasteiger partial charge is 0.253 e. The molecule has 1 heterocycles. The lowest BCUT2D eigenvalue weighted by molar-refractivity contribution is 0.0550. The summed E-state index contributed by atoms with van der Waals surface area (Å²) in [6.45, 7) is 1.90. The van der Waals surface area contributed by atoms with Crippen molar-refractivity contribution < 1.29 is 4.79 Å². The molecular weight excluding hydrogens is 276 g/mol. The lowest BCUT2D eigenvalue weighted by Crippen LogP contribution is -2.54. The normalized spacial score (nSPS) is 21.9. The highest BCUT2D eigenvalue weighted by Gasteiger charge is 2.38. The molecule has 1 saturated carbocycles. The number of nitriles is 2. The standard InChI is InChI=1S/C17H18N4O/c18-7-6-13-2-1-3-14(10-13)17(22)20-8-9-21(15-4-5-15)16(11-19)12-20/h1-3,10,15-16H,4-6,8-9,12H2.